The molecule has 0 bridgehead atoms. The van der Waals surface area contributed by atoms with Gasteiger partial charge in [-0.05, 0) is 43.2 Å². The maximum Gasteiger partial charge on any atom is 0.319 e. The van der Waals surface area contributed by atoms with Gasteiger partial charge in [-0.3, -0.25) is 0 Å². The fourth-order valence-electron chi connectivity index (χ4n) is 1.90. The summed E-state index contributed by atoms with van der Waals surface area (Å²) in [4.78, 5) is 11.7. The quantitative estimate of drug-likeness (QED) is 0.877. The van der Waals surface area contributed by atoms with Crippen molar-refractivity contribution in [1.82, 2.24) is 5.32 Å². The van der Waals surface area contributed by atoms with E-state index >= 15 is 0 Å². The number of halogens is 1. The highest BCUT2D eigenvalue weighted by Gasteiger charge is 2.01. The van der Waals surface area contributed by atoms with Crippen LogP contribution in [0.25, 0.3) is 0 Å². The van der Waals surface area contributed by atoms with Gasteiger partial charge in [0.1, 0.15) is 0 Å². The first-order chi connectivity index (χ1) is 9.63. The fraction of sp³-hybridized carbons (Fsp3) is 0.188. The summed E-state index contributed by atoms with van der Waals surface area (Å²) in [7, 11) is 0. The molecule has 0 fully saturated rings. The second-order valence-corrected chi connectivity index (χ2v) is 5.06. The zero-order chi connectivity index (χ0) is 14.4. The van der Waals surface area contributed by atoms with Crippen molar-refractivity contribution >= 4 is 23.3 Å². The van der Waals surface area contributed by atoms with Crippen LogP contribution in [-0.4, -0.2) is 12.6 Å². The summed E-state index contributed by atoms with van der Waals surface area (Å²) in [6.45, 7) is 2.66. The summed E-state index contributed by atoms with van der Waals surface area (Å²) in [5, 5.41) is 6.24. The minimum atomic E-state index is -0.208. The zero-order valence-corrected chi connectivity index (χ0v) is 12.1. The van der Waals surface area contributed by atoms with Crippen LogP contribution in [0.4, 0.5) is 10.5 Å². The lowest BCUT2D eigenvalue weighted by molar-refractivity contribution is 0.252. The SMILES string of the molecule is Cc1cccc(CCNC(=O)Nc2ccc(Cl)cc2)c1. The molecule has 0 saturated heterocycles. The van der Waals surface area contributed by atoms with Crippen molar-refractivity contribution in [2.75, 3.05) is 11.9 Å². The minimum absolute atomic E-state index is 0.208. The van der Waals surface area contributed by atoms with E-state index < -0.39 is 0 Å². The third-order valence-corrected chi connectivity index (χ3v) is 3.14. The number of amides is 2. The first-order valence-electron chi connectivity index (χ1n) is 6.49. The molecule has 0 aliphatic carbocycles. The molecule has 2 aromatic carbocycles. The maximum absolute atomic E-state index is 11.7. The number of hydrogen-bond acceptors (Lipinski definition) is 1. The molecule has 0 aromatic heterocycles. The summed E-state index contributed by atoms with van der Waals surface area (Å²) < 4.78 is 0. The molecule has 2 aromatic rings. The molecule has 2 N–H and O–H groups in total. The van der Waals surface area contributed by atoms with E-state index in [1.54, 1.807) is 24.3 Å². The number of hydrogen-bond donors (Lipinski definition) is 2. The Balaban J connectivity index is 1.76. The van der Waals surface area contributed by atoms with Crippen LogP contribution >= 0.6 is 11.6 Å². The van der Waals surface area contributed by atoms with Gasteiger partial charge in [0.05, 0.1) is 0 Å². The van der Waals surface area contributed by atoms with E-state index in [1.165, 1.54) is 11.1 Å². The number of nitrogens with one attached hydrogen (secondary N) is 2. The van der Waals surface area contributed by atoms with Crippen LogP contribution in [0.5, 0.6) is 0 Å². The second-order valence-electron chi connectivity index (χ2n) is 4.63. The van der Waals surface area contributed by atoms with E-state index in [1.807, 2.05) is 6.07 Å². The molecule has 4 heteroatoms. The molecule has 0 unspecified atom stereocenters. The normalized spacial score (nSPS) is 10.1. The van der Waals surface area contributed by atoms with Crippen molar-refractivity contribution in [3.63, 3.8) is 0 Å². The van der Waals surface area contributed by atoms with Gasteiger partial charge in [0.25, 0.3) is 0 Å². The molecule has 3 nitrogen and oxygen atoms in total. The first kappa shape index (κ1) is 14.4. The lowest BCUT2D eigenvalue weighted by Gasteiger charge is -2.08. The summed E-state index contributed by atoms with van der Waals surface area (Å²) in [5.41, 5.74) is 3.17. The van der Waals surface area contributed by atoms with E-state index in [4.69, 9.17) is 11.6 Å². The third-order valence-electron chi connectivity index (χ3n) is 2.88. The highest BCUT2D eigenvalue weighted by molar-refractivity contribution is 6.30. The average molecular weight is 289 g/mol. The van der Waals surface area contributed by atoms with E-state index in [9.17, 15) is 4.79 Å². The number of carbonyl (C=O) groups is 1. The van der Waals surface area contributed by atoms with Crippen molar-refractivity contribution in [3.8, 4) is 0 Å². The predicted octanol–water partition coefficient (Wildman–Crippen LogP) is 4.01. The van der Waals surface area contributed by atoms with E-state index in [2.05, 4.69) is 35.8 Å². The van der Waals surface area contributed by atoms with Crippen LogP contribution in [0.3, 0.4) is 0 Å². The van der Waals surface area contributed by atoms with Crippen LogP contribution < -0.4 is 10.6 Å². The smallest absolute Gasteiger partial charge is 0.319 e. The van der Waals surface area contributed by atoms with Crippen molar-refractivity contribution in [1.29, 1.82) is 0 Å². The van der Waals surface area contributed by atoms with Crippen LogP contribution in [0.2, 0.25) is 5.02 Å². The van der Waals surface area contributed by atoms with Gasteiger partial charge in [-0.1, -0.05) is 41.4 Å². The van der Waals surface area contributed by atoms with Gasteiger partial charge in [0, 0.05) is 17.3 Å². The number of urea groups is 1. The lowest BCUT2D eigenvalue weighted by Crippen LogP contribution is -2.30. The highest BCUT2D eigenvalue weighted by Crippen LogP contribution is 2.13. The standard InChI is InChI=1S/C16H17ClN2O/c1-12-3-2-4-13(11-12)9-10-18-16(20)19-15-7-5-14(17)6-8-15/h2-8,11H,9-10H2,1H3,(H2,18,19,20). The Kier molecular flexibility index (Phi) is 5.02. The average Bonchev–Trinajstić information content (AvgIpc) is 2.41. The predicted molar refractivity (Wildman–Crippen MR) is 83.4 cm³/mol. The van der Waals surface area contributed by atoms with E-state index in [0.717, 1.165) is 12.1 Å². The zero-order valence-electron chi connectivity index (χ0n) is 11.3. The molecule has 20 heavy (non-hydrogen) atoms. The Morgan fingerprint density at radius 3 is 2.60 bits per heavy atom. The number of carbonyl (C=O) groups excluding carboxylic acids is 1. The Labute approximate surface area is 124 Å². The van der Waals surface area contributed by atoms with Crippen molar-refractivity contribution in [3.05, 3.63) is 64.7 Å². The molecule has 2 amide bonds. The monoisotopic (exact) mass is 288 g/mol. The van der Waals surface area contributed by atoms with Gasteiger partial charge in [-0.15, -0.1) is 0 Å². The fourth-order valence-corrected chi connectivity index (χ4v) is 2.02. The highest BCUT2D eigenvalue weighted by atomic mass is 35.5. The molecule has 0 saturated carbocycles. The Bertz CT molecular complexity index is 581. The lowest BCUT2D eigenvalue weighted by atomic mass is 10.1. The number of benzene rings is 2. The van der Waals surface area contributed by atoms with Crippen LogP contribution in [0.15, 0.2) is 48.5 Å². The molecule has 0 heterocycles. The minimum Gasteiger partial charge on any atom is -0.338 e. The summed E-state index contributed by atoms with van der Waals surface area (Å²) in [6.07, 6.45) is 0.815. The Morgan fingerprint density at radius 2 is 1.90 bits per heavy atom. The largest absolute Gasteiger partial charge is 0.338 e. The summed E-state index contributed by atoms with van der Waals surface area (Å²) in [5.74, 6) is 0. The van der Waals surface area contributed by atoms with Gasteiger partial charge < -0.3 is 10.6 Å². The van der Waals surface area contributed by atoms with Gasteiger partial charge in [-0.25, -0.2) is 4.79 Å². The molecular weight excluding hydrogens is 272 g/mol. The van der Waals surface area contributed by atoms with Crippen LogP contribution in [-0.2, 0) is 6.42 Å². The van der Waals surface area contributed by atoms with Crippen molar-refractivity contribution in [2.45, 2.75) is 13.3 Å². The Hall–Kier alpha value is -2.00. The van der Waals surface area contributed by atoms with Crippen molar-refractivity contribution in [2.24, 2.45) is 0 Å². The van der Waals surface area contributed by atoms with Gasteiger partial charge in [0.15, 0.2) is 0 Å². The van der Waals surface area contributed by atoms with Gasteiger partial charge in [-0.2, -0.15) is 0 Å². The summed E-state index contributed by atoms with van der Waals surface area (Å²) >= 11 is 5.78. The number of rotatable bonds is 4. The van der Waals surface area contributed by atoms with Crippen LogP contribution in [0, 0.1) is 6.92 Å². The summed E-state index contributed by atoms with van der Waals surface area (Å²) in [6, 6.07) is 15.1. The second kappa shape index (κ2) is 6.96. The van der Waals surface area contributed by atoms with Gasteiger partial charge in [0.2, 0.25) is 0 Å². The molecule has 0 aliphatic rings. The van der Waals surface area contributed by atoms with E-state index in [-0.39, 0.29) is 6.03 Å². The molecular formula is C16H17ClN2O. The van der Waals surface area contributed by atoms with Crippen LogP contribution in [0.1, 0.15) is 11.1 Å². The molecule has 0 spiro atoms. The molecule has 0 radical (unpaired) electrons. The van der Waals surface area contributed by atoms with E-state index in [0.29, 0.717) is 11.6 Å². The molecule has 0 aliphatic heterocycles. The topological polar surface area (TPSA) is 41.1 Å². The third kappa shape index (κ3) is 4.59. The molecule has 104 valence electrons. The number of aryl methyl sites for hydroxylation is 1. The maximum atomic E-state index is 11.7. The molecule has 0 atom stereocenters. The van der Waals surface area contributed by atoms with Crippen molar-refractivity contribution < 1.29 is 4.79 Å². The first-order valence-corrected chi connectivity index (χ1v) is 6.87. The van der Waals surface area contributed by atoms with Gasteiger partial charge >= 0.3 is 6.03 Å². The molecule has 2 rings (SSSR count). The Morgan fingerprint density at radius 1 is 1.15 bits per heavy atom. The number of anilines is 1.